The maximum Gasteiger partial charge on any atom is 0.319 e. The van der Waals surface area contributed by atoms with Crippen LogP contribution in [0.2, 0.25) is 5.02 Å². The summed E-state index contributed by atoms with van der Waals surface area (Å²) in [5, 5.41) is 8.89. The van der Waals surface area contributed by atoms with E-state index < -0.39 is 17.4 Å². The molecule has 0 bridgehead atoms. The van der Waals surface area contributed by atoms with E-state index in [4.69, 9.17) is 11.6 Å². The number of fused-ring (bicyclic) bond motifs is 1. The monoisotopic (exact) mass is 529 g/mol. The molecule has 1 saturated heterocycles. The van der Waals surface area contributed by atoms with Crippen LogP contribution in [0.15, 0.2) is 66.7 Å². The van der Waals surface area contributed by atoms with E-state index in [2.05, 4.69) is 16.0 Å². The van der Waals surface area contributed by atoms with Gasteiger partial charge >= 0.3 is 6.03 Å². The first-order chi connectivity index (χ1) is 18.1. The lowest BCUT2D eigenvalue weighted by Crippen LogP contribution is -2.44. The predicted molar refractivity (Wildman–Crippen MR) is 146 cm³/mol. The Labute approximate surface area is 226 Å². The number of urea groups is 1. The Kier molecular flexibility index (Phi) is 6.80. The fourth-order valence-electron chi connectivity index (χ4n) is 5.30. The molecular formula is C30H28ClN3O4. The van der Waals surface area contributed by atoms with Crippen LogP contribution in [0.4, 0.5) is 10.5 Å². The van der Waals surface area contributed by atoms with E-state index in [9.17, 15) is 19.2 Å². The molecule has 3 aromatic rings. The van der Waals surface area contributed by atoms with Crippen molar-refractivity contribution in [2.24, 2.45) is 11.8 Å². The van der Waals surface area contributed by atoms with Crippen LogP contribution in [0.3, 0.4) is 0 Å². The summed E-state index contributed by atoms with van der Waals surface area (Å²) in [6, 6.07) is 20.4. The van der Waals surface area contributed by atoms with Gasteiger partial charge in [0.25, 0.3) is 0 Å². The number of nitrogens with one attached hydrogen (secondary N) is 3. The minimum Gasteiger partial charge on any atom is -0.329 e. The second kappa shape index (κ2) is 10.1. The van der Waals surface area contributed by atoms with E-state index in [1.807, 2.05) is 62.4 Å². The second-order valence-corrected chi connectivity index (χ2v) is 10.8. The maximum atomic E-state index is 13.0. The van der Waals surface area contributed by atoms with Crippen molar-refractivity contribution >= 4 is 40.9 Å². The molecule has 8 heteroatoms. The van der Waals surface area contributed by atoms with E-state index >= 15 is 0 Å². The standard InChI is InChI=1S/C30H28ClN3O4/c1-30(2,20-8-6-17(7-9-20)18-4-3-5-21(31)14-18)34-29(38)32-22-10-11-23-19(15-22)16-25(27(23)36)24-12-13-26(35)33-28(24)37/h3-11,14-15,24-25H,12-13,16H2,1-2H3,(H2,32,34,38)(H,33,35,37). The molecule has 2 aliphatic rings. The van der Waals surface area contributed by atoms with Gasteiger partial charge in [0.2, 0.25) is 11.8 Å². The van der Waals surface area contributed by atoms with Crippen LogP contribution < -0.4 is 16.0 Å². The van der Waals surface area contributed by atoms with Crippen molar-refractivity contribution in [3.05, 3.63) is 88.4 Å². The fraction of sp³-hybridized carbons (Fsp3) is 0.267. The predicted octanol–water partition coefficient (Wildman–Crippen LogP) is 5.47. The Morgan fingerprint density at radius 2 is 1.71 bits per heavy atom. The van der Waals surface area contributed by atoms with Crippen molar-refractivity contribution in [1.29, 1.82) is 0 Å². The zero-order valence-electron chi connectivity index (χ0n) is 21.1. The van der Waals surface area contributed by atoms with E-state index in [-0.39, 0.29) is 30.0 Å². The molecule has 38 heavy (non-hydrogen) atoms. The summed E-state index contributed by atoms with van der Waals surface area (Å²) in [6.07, 6.45) is 1.02. The van der Waals surface area contributed by atoms with E-state index in [0.717, 1.165) is 22.3 Å². The number of hydrogen-bond donors (Lipinski definition) is 3. The SMILES string of the molecule is CC(C)(NC(=O)Nc1ccc2c(c1)CC(C1CCC(=O)NC1=O)C2=O)c1ccc(-c2cccc(Cl)c2)cc1. The summed E-state index contributed by atoms with van der Waals surface area (Å²) < 4.78 is 0. The van der Waals surface area contributed by atoms with Crippen LogP contribution in [0, 0.1) is 11.8 Å². The first kappa shape index (κ1) is 25.7. The van der Waals surface area contributed by atoms with Crippen molar-refractivity contribution in [3.8, 4) is 11.1 Å². The molecule has 7 nitrogen and oxygen atoms in total. The summed E-state index contributed by atoms with van der Waals surface area (Å²) in [5.74, 6) is -1.78. The number of amides is 4. The van der Waals surface area contributed by atoms with Gasteiger partial charge in [0.15, 0.2) is 5.78 Å². The molecule has 2 atom stereocenters. The molecule has 1 fully saturated rings. The Morgan fingerprint density at radius 1 is 0.947 bits per heavy atom. The largest absolute Gasteiger partial charge is 0.329 e. The Hall–Kier alpha value is -3.97. The molecule has 5 rings (SSSR count). The van der Waals surface area contributed by atoms with Gasteiger partial charge in [-0.1, -0.05) is 48.0 Å². The van der Waals surface area contributed by atoms with E-state index in [1.54, 1.807) is 18.2 Å². The van der Waals surface area contributed by atoms with Gasteiger partial charge < -0.3 is 10.6 Å². The molecule has 1 heterocycles. The van der Waals surface area contributed by atoms with Crippen molar-refractivity contribution < 1.29 is 19.2 Å². The summed E-state index contributed by atoms with van der Waals surface area (Å²) in [6.45, 7) is 3.85. The quantitative estimate of drug-likeness (QED) is 0.381. The average molecular weight is 530 g/mol. The number of imide groups is 1. The zero-order chi connectivity index (χ0) is 27.0. The lowest BCUT2D eigenvalue weighted by atomic mass is 9.83. The Bertz CT molecular complexity index is 1450. The Balaban J connectivity index is 1.24. The maximum absolute atomic E-state index is 13.0. The Morgan fingerprint density at radius 3 is 2.42 bits per heavy atom. The fourth-order valence-corrected chi connectivity index (χ4v) is 5.49. The molecule has 2 unspecified atom stereocenters. The molecule has 0 radical (unpaired) electrons. The number of ketones is 1. The van der Waals surface area contributed by atoms with Crippen molar-refractivity contribution in [2.45, 2.75) is 38.6 Å². The summed E-state index contributed by atoms with van der Waals surface area (Å²) in [4.78, 5) is 49.6. The highest BCUT2D eigenvalue weighted by Gasteiger charge is 2.42. The van der Waals surface area contributed by atoms with Gasteiger partial charge in [-0.05, 0) is 79.3 Å². The summed E-state index contributed by atoms with van der Waals surface area (Å²) >= 11 is 6.12. The normalized spacial score (nSPS) is 19.1. The molecule has 0 aromatic heterocycles. The first-order valence-electron chi connectivity index (χ1n) is 12.6. The number of hydrogen-bond acceptors (Lipinski definition) is 4. The smallest absolute Gasteiger partial charge is 0.319 e. The molecule has 0 saturated carbocycles. The molecule has 3 N–H and O–H groups in total. The highest BCUT2D eigenvalue weighted by Crippen LogP contribution is 2.36. The summed E-state index contributed by atoms with van der Waals surface area (Å²) in [5.41, 5.74) is 4.24. The highest BCUT2D eigenvalue weighted by molar-refractivity contribution is 6.30. The van der Waals surface area contributed by atoms with Crippen molar-refractivity contribution in [1.82, 2.24) is 10.6 Å². The minimum absolute atomic E-state index is 0.0899. The number of Topliss-reactive ketones (excluding diaryl/α,β-unsaturated/α-hetero) is 1. The van der Waals surface area contributed by atoms with Gasteiger partial charge in [0, 0.05) is 34.5 Å². The third-order valence-electron chi connectivity index (χ3n) is 7.36. The van der Waals surface area contributed by atoms with Crippen LogP contribution in [0.25, 0.3) is 11.1 Å². The average Bonchev–Trinajstić information content (AvgIpc) is 3.19. The zero-order valence-corrected chi connectivity index (χ0v) is 21.9. The molecule has 1 aliphatic heterocycles. The number of piperidine rings is 1. The van der Waals surface area contributed by atoms with Gasteiger partial charge in [-0.2, -0.15) is 0 Å². The number of halogens is 1. The van der Waals surface area contributed by atoms with Crippen LogP contribution in [0.1, 0.15) is 48.2 Å². The van der Waals surface area contributed by atoms with Crippen molar-refractivity contribution in [2.75, 3.05) is 5.32 Å². The van der Waals surface area contributed by atoms with Gasteiger partial charge in [-0.3, -0.25) is 19.7 Å². The van der Waals surface area contributed by atoms with E-state index in [0.29, 0.717) is 29.1 Å². The molecule has 1 aliphatic carbocycles. The number of carbonyl (C=O) groups excluding carboxylic acids is 4. The van der Waals surface area contributed by atoms with Gasteiger partial charge in [0.05, 0.1) is 5.54 Å². The highest BCUT2D eigenvalue weighted by atomic mass is 35.5. The van der Waals surface area contributed by atoms with Crippen LogP contribution in [0.5, 0.6) is 0 Å². The summed E-state index contributed by atoms with van der Waals surface area (Å²) in [7, 11) is 0. The lowest BCUT2D eigenvalue weighted by Gasteiger charge is -2.27. The molecule has 3 aromatic carbocycles. The van der Waals surface area contributed by atoms with Crippen LogP contribution in [-0.2, 0) is 21.5 Å². The van der Waals surface area contributed by atoms with Crippen LogP contribution >= 0.6 is 11.6 Å². The third kappa shape index (κ3) is 5.20. The number of rotatable bonds is 5. The van der Waals surface area contributed by atoms with Crippen LogP contribution in [-0.4, -0.2) is 23.6 Å². The van der Waals surface area contributed by atoms with Gasteiger partial charge in [0.1, 0.15) is 0 Å². The molecule has 4 amide bonds. The number of carbonyl (C=O) groups is 4. The molecule has 194 valence electrons. The number of benzene rings is 3. The first-order valence-corrected chi connectivity index (χ1v) is 12.9. The van der Waals surface area contributed by atoms with E-state index in [1.165, 1.54) is 0 Å². The van der Waals surface area contributed by atoms with Gasteiger partial charge in [-0.15, -0.1) is 0 Å². The minimum atomic E-state index is -0.652. The third-order valence-corrected chi connectivity index (χ3v) is 7.60. The topological polar surface area (TPSA) is 104 Å². The number of anilines is 1. The van der Waals surface area contributed by atoms with Crippen molar-refractivity contribution in [3.63, 3.8) is 0 Å². The molecular weight excluding hydrogens is 502 g/mol. The lowest BCUT2D eigenvalue weighted by molar-refractivity contribution is -0.137. The molecule has 0 spiro atoms. The van der Waals surface area contributed by atoms with Gasteiger partial charge in [-0.25, -0.2) is 4.79 Å². The second-order valence-electron chi connectivity index (χ2n) is 10.4.